The molecule has 0 unspecified atom stereocenters. The fourth-order valence-electron chi connectivity index (χ4n) is 3.73. The van der Waals surface area contributed by atoms with Gasteiger partial charge in [0.25, 0.3) is 10.2 Å². The van der Waals surface area contributed by atoms with Gasteiger partial charge in [-0.1, -0.05) is 23.7 Å². The van der Waals surface area contributed by atoms with Crippen molar-refractivity contribution >= 4 is 60.5 Å². The minimum absolute atomic E-state index is 0.160. The summed E-state index contributed by atoms with van der Waals surface area (Å²) in [6.45, 7) is 0. The average Bonchev–Trinajstić information content (AvgIpc) is 3.28. The summed E-state index contributed by atoms with van der Waals surface area (Å²) in [5.41, 5.74) is 2.31. The Kier molecular flexibility index (Phi) is 7.42. The molecule has 0 aliphatic carbocycles. The summed E-state index contributed by atoms with van der Waals surface area (Å²) in [7, 11) is -6.04. The van der Waals surface area contributed by atoms with Crippen molar-refractivity contribution in [2.45, 2.75) is 18.5 Å². The molecule has 2 heterocycles. The van der Waals surface area contributed by atoms with Crippen LogP contribution in [0.25, 0.3) is 11.1 Å². The Labute approximate surface area is 217 Å². The zero-order chi connectivity index (χ0) is 26.3. The molecular weight excluding hydrogens is 551 g/mol. The molecule has 3 N–H and O–H groups in total. The van der Waals surface area contributed by atoms with Gasteiger partial charge in [-0.2, -0.15) is 17.4 Å². The van der Waals surface area contributed by atoms with Crippen LogP contribution in [-0.2, 0) is 25.0 Å². The fourth-order valence-corrected chi connectivity index (χ4v) is 6.79. The van der Waals surface area contributed by atoms with Crippen molar-refractivity contribution in [1.82, 2.24) is 9.03 Å². The molecule has 0 saturated carbocycles. The predicted octanol–water partition coefficient (Wildman–Crippen LogP) is 3.80. The van der Waals surface area contributed by atoms with Gasteiger partial charge in [0.15, 0.2) is 0 Å². The van der Waals surface area contributed by atoms with Crippen molar-refractivity contribution in [3.8, 4) is 11.1 Å². The van der Waals surface area contributed by atoms with Crippen LogP contribution in [0.3, 0.4) is 0 Å². The van der Waals surface area contributed by atoms with E-state index in [1.807, 2.05) is 11.4 Å². The van der Waals surface area contributed by atoms with Gasteiger partial charge >= 0.3 is 0 Å². The van der Waals surface area contributed by atoms with Crippen LogP contribution in [0.5, 0.6) is 0 Å². The SMILES string of the molecule is CN1[C@@H](C(=O)Nc2ccc(F)c(Cl)c2)C[C@@H](c2cc(-c3ccc(NS(C)(=O)=O)cc3)cs2)NS1(=O)=O. The number of hydrogen-bond donors (Lipinski definition) is 3. The topological polar surface area (TPSA) is 125 Å². The highest BCUT2D eigenvalue weighted by Crippen LogP contribution is 2.35. The minimum Gasteiger partial charge on any atom is -0.325 e. The number of likely N-dealkylation sites (N-methyl/N-ethyl adjacent to an activating group) is 1. The van der Waals surface area contributed by atoms with Gasteiger partial charge in [0.05, 0.1) is 17.3 Å². The highest BCUT2D eigenvalue weighted by Gasteiger charge is 2.41. The molecule has 1 fully saturated rings. The van der Waals surface area contributed by atoms with Gasteiger partial charge in [0.2, 0.25) is 15.9 Å². The van der Waals surface area contributed by atoms with E-state index in [0.29, 0.717) is 10.6 Å². The first-order chi connectivity index (χ1) is 16.8. The van der Waals surface area contributed by atoms with Gasteiger partial charge in [-0.25, -0.2) is 12.8 Å². The third-order valence-electron chi connectivity index (χ3n) is 5.54. The molecule has 14 heteroatoms. The molecule has 4 rings (SSSR count). The number of rotatable bonds is 6. The number of nitrogens with zero attached hydrogens (tertiary/aromatic N) is 1. The maximum Gasteiger partial charge on any atom is 0.280 e. The molecule has 0 bridgehead atoms. The standard InChI is InChI=1S/C22H22ClFN4O5S3/c1-28-20(22(29)25-16-7-8-18(24)17(23)10-16)11-19(27-36(28,32)33)21-9-14(12-34-21)13-3-5-15(6-4-13)26-35(2,30)31/h3-10,12,19-20,26-27H,11H2,1-2H3,(H,25,29)/t19-,20+/m0/s1. The molecular formula is C22H22ClFN4O5S3. The second-order valence-corrected chi connectivity index (χ2v) is 13.1. The van der Waals surface area contributed by atoms with Crippen molar-refractivity contribution in [2.24, 2.45) is 0 Å². The normalized spacial score (nSPS) is 20.1. The van der Waals surface area contributed by atoms with E-state index in [-0.39, 0.29) is 17.1 Å². The quantitative estimate of drug-likeness (QED) is 0.414. The van der Waals surface area contributed by atoms with E-state index in [4.69, 9.17) is 11.6 Å². The molecule has 1 aliphatic rings. The molecule has 192 valence electrons. The summed E-state index contributed by atoms with van der Waals surface area (Å²) in [4.78, 5) is 13.7. The Morgan fingerprint density at radius 2 is 1.81 bits per heavy atom. The zero-order valence-electron chi connectivity index (χ0n) is 19.0. The van der Waals surface area contributed by atoms with E-state index < -0.39 is 44.0 Å². The molecule has 0 spiro atoms. The largest absolute Gasteiger partial charge is 0.325 e. The van der Waals surface area contributed by atoms with Gasteiger partial charge < -0.3 is 5.32 Å². The monoisotopic (exact) mass is 572 g/mol. The van der Waals surface area contributed by atoms with Crippen molar-refractivity contribution in [1.29, 1.82) is 0 Å². The lowest BCUT2D eigenvalue weighted by molar-refractivity contribution is -0.120. The van der Waals surface area contributed by atoms with Crippen molar-refractivity contribution in [3.05, 3.63) is 69.6 Å². The first-order valence-electron chi connectivity index (χ1n) is 10.5. The Bertz CT molecular complexity index is 1510. The number of anilines is 2. The highest BCUT2D eigenvalue weighted by molar-refractivity contribution is 7.92. The fraction of sp³-hybridized carbons (Fsp3) is 0.227. The second kappa shape index (κ2) is 10.1. The number of carbonyl (C=O) groups is 1. The molecule has 0 radical (unpaired) electrons. The number of amides is 1. The number of benzene rings is 2. The Morgan fingerprint density at radius 3 is 2.44 bits per heavy atom. The van der Waals surface area contributed by atoms with E-state index in [9.17, 15) is 26.0 Å². The lowest BCUT2D eigenvalue weighted by Gasteiger charge is -2.35. The molecule has 36 heavy (non-hydrogen) atoms. The Hall–Kier alpha value is -2.55. The minimum atomic E-state index is -3.96. The summed E-state index contributed by atoms with van der Waals surface area (Å²) in [5.74, 6) is -1.20. The summed E-state index contributed by atoms with van der Waals surface area (Å²) in [6, 6.07) is 10.6. The van der Waals surface area contributed by atoms with E-state index in [2.05, 4.69) is 14.8 Å². The molecule has 2 aromatic carbocycles. The first kappa shape index (κ1) is 26.5. The van der Waals surface area contributed by atoms with Crippen LogP contribution in [0.2, 0.25) is 5.02 Å². The van der Waals surface area contributed by atoms with Crippen LogP contribution in [-0.4, -0.2) is 46.4 Å². The van der Waals surface area contributed by atoms with Gasteiger partial charge in [-0.3, -0.25) is 9.52 Å². The molecule has 1 aromatic heterocycles. The van der Waals surface area contributed by atoms with Crippen LogP contribution in [0.15, 0.2) is 53.9 Å². The number of halogens is 2. The number of sulfonamides is 1. The summed E-state index contributed by atoms with van der Waals surface area (Å²) >= 11 is 7.12. The maximum absolute atomic E-state index is 13.4. The summed E-state index contributed by atoms with van der Waals surface area (Å²) < 4.78 is 67.7. The highest BCUT2D eigenvalue weighted by atomic mass is 35.5. The Morgan fingerprint density at radius 1 is 1.14 bits per heavy atom. The number of carbonyl (C=O) groups excluding carboxylic acids is 1. The van der Waals surface area contributed by atoms with Gasteiger partial charge in [0, 0.05) is 23.3 Å². The number of thiophene rings is 1. The van der Waals surface area contributed by atoms with E-state index in [1.165, 1.54) is 30.5 Å². The van der Waals surface area contributed by atoms with E-state index in [0.717, 1.165) is 27.8 Å². The average molecular weight is 573 g/mol. The van der Waals surface area contributed by atoms with Crippen molar-refractivity contribution in [3.63, 3.8) is 0 Å². The van der Waals surface area contributed by atoms with Gasteiger partial charge in [-0.05, 0) is 59.3 Å². The van der Waals surface area contributed by atoms with Crippen LogP contribution in [0.1, 0.15) is 17.3 Å². The van der Waals surface area contributed by atoms with E-state index >= 15 is 0 Å². The summed E-state index contributed by atoms with van der Waals surface area (Å²) in [6.07, 6.45) is 1.23. The number of hydrogen-bond acceptors (Lipinski definition) is 6. The molecule has 1 aliphatic heterocycles. The second-order valence-electron chi connectivity index (χ2n) is 8.25. The first-order valence-corrected chi connectivity index (χ1v) is 15.1. The zero-order valence-corrected chi connectivity index (χ0v) is 22.2. The third-order valence-corrected chi connectivity index (χ3v) is 9.08. The van der Waals surface area contributed by atoms with Crippen LogP contribution in [0, 0.1) is 5.82 Å². The number of nitrogens with one attached hydrogen (secondary N) is 3. The van der Waals surface area contributed by atoms with Crippen molar-refractivity contribution < 1.29 is 26.0 Å². The molecule has 9 nitrogen and oxygen atoms in total. The van der Waals surface area contributed by atoms with Gasteiger partial charge in [0.1, 0.15) is 11.9 Å². The van der Waals surface area contributed by atoms with Crippen LogP contribution < -0.4 is 14.8 Å². The Balaban J connectivity index is 1.53. The molecule has 2 atom stereocenters. The lowest BCUT2D eigenvalue weighted by atomic mass is 10.0. The molecule has 3 aromatic rings. The third kappa shape index (κ3) is 6.05. The maximum atomic E-state index is 13.4. The smallest absolute Gasteiger partial charge is 0.280 e. The van der Waals surface area contributed by atoms with Crippen LogP contribution in [0.4, 0.5) is 15.8 Å². The van der Waals surface area contributed by atoms with Crippen LogP contribution >= 0.6 is 22.9 Å². The summed E-state index contributed by atoms with van der Waals surface area (Å²) in [5, 5.41) is 4.30. The lowest BCUT2D eigenvalue weighted by Crippen LogP contribution is -2.55. The molecule has 1 amide bonds. The van der Waals surface area contributed by atoms with Gasteiger partial charge in [-0.15, -0.1) is 11.3 Å². The van der Waals surface area contributed by atoms with Crippen molar-refractivity contribution in [2.75, 3.05) is 23.3 Å². The van der Waals surface area contributed by atoms with E-state index in [1.54, 1.807) is 24.3 Å². The molecule has 1 saturated heterocycles. The predicted molar refractivity (Wildman–Crippen MR) is 139 cm³/mol.